The van der Waals surface area contributed by atoms with Gasteiger partial charge in [0.2, 0.25) is 6.10 Å². The van der Waals surface area contributed by atoms with Crippen molar-refractivity contribution in [3.05, 3.63) is 102 Å². The van der Waals surface area contributed by atoms with Gasteiger partial charge in [0.05, 0.1) is 0 Å². The number of rotatable bonds is 13. The third-order valence-corrected chi connectivity index (χ3v) is 5.73. The number of nitrogens with two attached hydrogens (primary N) is 1. The lowest BCUT2D eigenvalue weighted by Crippen LogP contribution is -2.35. The van der Waals surface area contributed by atoms with Crippen LogP contribution in [0.25, 0.3) is 0 Å². The second-order valence-corrected chi connectivity index (χ2v) is 10.2. The van der Waals surface area contributed by atoms with Crippen LogP contribution in [0.15, 0.2) is 84.9 Å². The van der Waals surface area contributed by atoms with Crippen molar-refractivity contribution >= 4 is 17.9 Å². The van der Waals surface area contributed by atoms with Gasteiger partial charge in [0.1, 0.15) is 23.8 Å². The third kappa shape index (κ3) is 10.6. The summed E-state index contributed by atoms with van der Waals surface area (Å²) in [6.07, 6.45) is -1.63. The Hall–Kier alpha value is -4.41. The van der Waals surface area contributed by atoms with Crippen molar-refractivity contribution in [1.29, 1.82) is 5.41 Å². The minimum atomic E-state index is -1.15. The molecule has 0 aromatic heterocycles. The Morgan fingerprint density at radius 1 is 0.854 bits per heavy atom. The zero-order valence-corrected chi connectivity index (χ0v) is 23.6. The number of carbonyl (C=O) groups excluding carboxylic acids is 2. The van der Waals surface area contributed by atoms with Crippen molar-refractivity contribution in [3.8, 4) is 5.75 Å². The smallest absolute Gasteiger partial charge is 0.407 e. The lowest BCUT2D eigenvalue weighted by Gasteiger charge is -2.22. The Morgan fingerprint density at radius 2 is 1.41 bits per heavy atom. The highest BCUT2D eigenvalue weighted by Gasteiger charge is 2.27. The Morgan fingerprint density at radius 3 is 1.95 bits per heavy atom. The number of hydrogen-bond donors (Lipinski definition) is 4. The molecule has 10 heteroatoms. The summed E-state index contributed by atoms with van der Waals surface area (Å²) >= 11 is 0. The summed E-state index contributed by atoms with van der Waals surface area (Å²) in [7, 11) is 0. The number of ether oxygens (including phenoxy) is 3. The number of esters is 1. The molecule has 0 heterocycles. The van der Waals surface area contributed by atoms with E-state index in [0.29, 0.717) is 30.8 Å². The number of amidine groups is 1. The van der Waals surface area contributed by atoms with E-state index < -0.39 is 29.9 Å². The van der Waals surface area contributed by atoms with E-state index >= 15 is 0 Å². The SMILES string of the molecule is CC(C)(C)OC(=O)NCCCNC(=N)c1ccc(OC[C@H](ON)C(=O)OC(c2ccccc2)c2ccccc2)cc1. The van der Waals surface area contributed by atoms with Gasteiger partial charge in [0.25, 0.3) is 0 Å². The molecule has 5 N–H and O–H groups in total. The average Bonchev–Trinajstić information content (AvgIpc) is 2.96. The standard InChI is InChI=1S/C31H38N4O6/c1-31(2,3)40-30(37)35-20-10-19-34-28(32)24-15-17-25(18-16-24)38-21-26(41-33)29(36)39-27(22-11-6-4-7-12-22)23-13-8-5-9-14-23/h4-9,11-18,26-27H,10,19-21,33H2,1-3H3,(H2,32,34)(H,35,37)/t26-/m0/s1. The molecule has 3 aromatic rings. The summed E-state index contributed by atoms with van der Waals surface area (Å²) in [5.41, 5.74) is 1.73. The highest BCUT2D eigenvalue weighted by molar-refractivity contribution is 5.96. The minimum Gasteiger partial charge on any atom is -0.490 e. The summed E-state index contributed by atoms with van der Waals surface area (Å²) in [6.45, 7) is 6.17. The summed E-state index contributed by atoms with van der Waals surface area (Å²) in [4.78, 5) is 29.5. The second-order valence-electron chi connectivity index (χ2n) is 10.2. The van der Waals surface area contributed by atoms with E-state index in [1.807, 2.05) is 60.7 Å². The topological polar surface area (TPSA) is 145 Å². The Bertz CT molecular complexity index is 1210. The van der Waals surface area contributed by atoms with Crippen LogP contribution in [0.5, 0.6) is 5.75 Å². The van der Waals surface area contributed by atoms with Gasteiger partial charge in [-0.2, -0.15) is 0 Å². The summed E-state index contributed by atoms with van der Waals surface area (Å²) in [6, 6.07) is 25.6. The monoisotopic (exact) mass is 562 g/mol. The first kappa shape index (κ1) is 31.1. The predicted molar refractivity (Wildman–Crippen MR) is 156 cm³/mol. The molecule has 0 saturated carbocycles. The maximum atomic E-state index is 13.0. The zero-order chi connectivity index (χ0) is 29.7. The lowest BCUT2D eigenvalue weighted by atomic mass is 10.0. The van der Waals surface area contributed by atoms with Crippen molar-refractivity contribution in [2.45, 2.75) is 45.0 Å². The van der Waals surface area contributed by atoms with E-state index in [-0.39, 0.29) is 12.4 Å². The molecule has 0 saturated heterocycles. The number of hydrogen-bond acceptors (Lipinski definition) is 8. The highest BCUT2D eigenvalue weighted by atomic mass is 16.7. The maximum Gasteiger partial charge on any atom is 0.407 e. The van der Waals surface area contributed by atoms with Gasteiger partial charge in [0, 0.05) is 18.7 Å². The molecule has 3 aromatic carbocycles. The molecule has 0 radical (unpaired) electrons. The van der Waals surface area contributed by atoms with Gasteiger partial charge in [0.15, 0.2) is 6.10 Å². The second kappa shape index (κ2) is 15.4. The Balaban J connectivity index is 1.47. The van der Waals surface area contributed by atoms with E-state index in [2.05, 4.69) is 10.6 Å². The van der Waals surface area contributed by atoms with Crippen LogP contribution >= 0.6 is 0 Å². The van der Waals surface area contributed by atoms with E-state index in [1.54, 1.807) is 45.0 Å². The molecule has 10 nitrogen and oxygen atoms in total. The Labute approximate surface area is 240 Å². The van der Waals surface area contributed by atoms with Crippen LogP contribution < -0.4 is 21.3 Å². The minimum absolute atomic E-state index is 0.161. The molecule has 1 amide bonds. The first-order valence-corrected chi connectivity index (χ1v) is 13.3. The van der Waals surface area contributed by atoms with Crippen LogP contribution in [0.2, 0.25) is 0 Å². The van der Waals surface area contributed by atoms with E-state index in [0.717, 1.165) is 11.1 Å². The van der Waals surface area contributed by atoms with Crippen molar-refractivity contribution < 1.29 is 28.6 Å². The molecule has 0 spiro atoms. The fraction of sp³-hybridized carbons (Fsp3) is 0.323. The molecule has 0 fully saturated rings. The first-order valence-electron chi connectivity index (χ1n) is 13.3. The van der Waals surface area contributed by atoms with Gasteiger partial charge >= 0.3 is 12.1 Å². The zero-order valence-electron chi connectivity index (χ0n) is 23.6. The molecule has 41 heavy (non-hydrogen) atoms. The molecule has 0 aliphatic carbocycles. The van der Waals surface area contributed by atoms with E-state index in [1.165, 1.54) is 0 Å². The van der Waals surface area contributed by atoms with Crippen molar-refractivity contribution in [2.75, 3.05) is 19.7 Å². The molecule has 0 aliphatic rings. The summed E-state index contributed by atoms with van der Waals surface area (Å²) < 4.78 is 16.7. The highest BCUT2D eigenvalue weighted by Crippen LogP contribution is 2.26. The fourth-order valence-electron chi connectivity index (χ4n) is 3.74. The van der Waals surface area contributed by atoms with Gasteiger partial charge in [-0.3, -0.25) is 10.2 Å². The molecule has 0 bridgehead atoms. The summed E-state index contributed by atoms with van der Waals surface area (Å²) in [5.74, 6) is 5.46. The molecule has 218 valence electrons. The van der Waals surface area contributed by atoms with E-state index in [4.69, 9.17) is 30.4 Å². The quantitative estimate of drug-likeness (QED) is 0.0784. The number of amides is 1. The van der Waals surface area contributed by atoms with Crippen molar-refractivity contribution in [1.82, 2.24) is 10.6 Å². The molecule has 0 aliphatic heterocycles. The van der Waals surface area contributed by atoms with Gasteiger partial charge in [-0.1, -0.05) is 60.7 Å². The van der Waals surface area contributed by atoms with E-state index in [9.17, 15) is 9.59 Å². The number of benzene rings is 3. The van der Waals surface area contributed by atoms with Gasteiger partial charge in [-0.05, 0) is 62.6 Å². The lowest BCUT2D eigenvalue weighted by molar-refractivity contribution is -0.163. The normalized spacial score (nSPS) is 11.8. The predicted octanol–water partition coefficient (Wildman–Crippen LogP) is 4.49. The molecule has 1 atom stereocenters. The third-order valence-electron chi connectivity index (χ3n) is 5.73. The largest absolute Gasteiger partial charge is 0.490 e. The molecular formula is C31H38N4O6. The van der Waals surface area contributed by atoms with Crippen molar-refractivity contribution in [2.24, 2.45) is 5.90 Å². The van der Waals surface area contributed by atoms with Crippen LogP contribution in [-0.4, -0.2) is 49.3 Å². The van der Waals surface area contributed by atoms with Crippen LogP contribution in [0.1, 0.15) is 50.0 Å². The molecule has 0 unspecified atom stereocenters. The Kier molecular flexibility index (Phi) is 11.7. The van der Waals surface area contributed by atoms with Crippen LogP contribution in [0.3, 0.4) is 0 Å². The van der Waals surface area contributed by atoms with Gasteiger partial charge < -0.3 is 24.8 Å². The van der Waals surface area contributed by atoms with Crippen LogP contribution in [0.4, 0.5) is 4.79 Å². The molecule has 3 rings (SSSR count). The van der Waals surface area contributed by atoms with Crippen LogP contribution in [-0.2, 0) is 19.1 Å². The number of nitrogens with one attached hydrogen (secondary N) is 3. The maximum absolute atomic E-state index is 13.0. The van der Waals surface area contributed by atoms with Gasteiger partial charge in [-0.15, -0.1) is 0 Å². The summed E-state index contributed by atoms with van der Waals surface area (Å²) in [5, 5.41) is 13.9. The number of alkyl carbamates (subject to hydrolysis) is 1. The molecular weight excluding hydrogens is 524 g/mol. The first-order chi connectivity index (χ1) is 19.7. The van der Waals surface area contributed by atoms with Gasteiger partial charge in [-0.25, -0.2) is 15.5 Å². The number of carbonyl (C=O) groups is 2. The van der Waals surface area contributed by atoms with Crippen LogP contribution in [0, 0.1) is 5.41 Å². The van der Waals surface area contributed by atoms with Crippen molar-refractivity contribution in [3.63, 3.8) is 0 Å². The average molecular weight is 563 g/mol. The fourth-order valence-corrected chi connectivity index (χ4v) is 3.74.